The van der Waals surface area contributed by atoms with E-state index in [1.807, 2.05) is 32.2 Å². The molecule has 0 fully saturated rings. The number of aryl methyl sites for hydroxylation is 2. The summed E-state index contributed by atoms with van der Waals surface area (Å²) in [6.45, 7) is 4.04. The second-order valence-corrected chi connectivity index (χ2v) is 4.31. The van der Waals surface area contributed by atoms with Crippen molar-refractivity contribution in [2.75, 3.05) is 0 Å². The Labute approximate surface area is 106 Å². The largest absolute Gasteiger partial charge is 0.485 e. The molecule has 0 bridgehead atoms. The third-order valence-corrected chi connectivity index (χ3v) is 2.78. The molecule has 96 valence electrons. The molecule has 1 aromatic carbocycles. The summed E-state index contributed by atoms with van der Waals surface area (Å²) in [4.78, 5) is 4.09. The van der Waals surface area contributed by atoms with Crippen molar-refractivity contribution in [2.45, 2.75) is 26.6 Å². The zero-order chi connectivity index (χ0) is 13.1. The zero-order valence-corrected chi connectivity index (χ0v) is 10.8. The van der Waals surface area contributed by atoms with Crippen LogP contribution >= 0.6 is 0 Å². The predicted octanol–water partition coefficient (Wildman–Crippen LogP) is 1.76. The number of rotatable bonds is 4. The molecular weight excluding hydrogens is 230 g/mol. The fourth-order valence-corrected chi connectivity index (χ4v) is 1.72. The maximum absolute atomic E-state index is 9.73. The average molecular weight is 247 g/mol. The van der Waals surface area contributed by atoms with Gasteiger partial charge in [0.05, 0.1) is 6.10 Å². The Bertz CT molecular complexity index is 535. The molecule has 0 spiro atoms. The Morgan fingerprint density at radius 1 is 1.44 bits per heavy atom. The van der Waals surface area contributed by atoms with Crippen molar-refractivity contribution in [1.29, 1.82) is 0 Å². The van der Waals surface area contributed by atoms with E-state index in [9.17, 15) is 5.11 Å². The van der Waals surface area contributed by atoms with Crippen molar-refractivity contribution in [2.24, 2.45) is 7.05 Å². The Morgan fingerprint density at radius 2 is 2.22 bits per heavy atom. The van der Waals surface area contributed by atoms with Crippen molar-refractivity contribution in [3.63, 3.8) is 0 Å². The highest BCUT2D eigenvalue weighted by atomic mass is 16.5. The van der Waals surface area contributed by atoms with Gasteiger partial charge in [0.25, 0.3) is 0 Å². The maximum atomic E-state index is 9.73. The van der Waals surface area contributed by atoms with E-state index in [2.05, 4.69) is 10.1 Å². The molecular formula is C13H17N3O2. The second-order valence-electron chi connectivity index (χ2n) is 4.31. The zero-order valence-electron chi connectivity index (χ0n) is 10.8. The monoisotopic (exact) mass is 247 g/mol. The highest BCUT2D eigenvalue weighted by Crippen LogP contribution is 2.26. The van der Waals surface area contributed by atoms with Gasteiger partial charge in [-0.2, -0.15) is 5.10 Å². The predicted molar refractivity (Wildman–Crippen MR) is 67.1 cm³/mol. The van der Waals surface area contributed by atoms with Crippen molar-refractivity contribution >= 4 is 0 Å². The van der Waals surface area contributed by atoms with E-state index in [4.69, 9.17) is 4.74 Å². The Balaban J connectivity index is 2.16. The van der Waals surface area contributed by atoms with Gasteiger partial charge in [-0.15, -0.1) is 0 Å². The second kappa shape index (κ2) is 5.18. The molecule has 1 N–H and O–H groups in total. The minimum atomic E-state index is -0.556. The number of aromatic nitrogens is 3. The molecule has 5 heteroatoms. The third kappa shape index (κ3) is 2.68. The van der Waals surface area contributed by atoms with Gasteiger partial charge in [-0.1, -0.05) is 11.6 Å². The van der Waals surface area contributed by atoms with Crippen LogP contribution in [-0.4, -0.2) is 19.9 Å². The first-order valence-electron chi connectivity index (χ1n) is 5.82. The van der Waals surface area contributed by atoms with Crippen molar-refractivity contribution in [1.82, 2.24) is 14.8 Å². The Kier molecular flexibility index (Phi) is 3.62. The van der Waals surface area contributed by atoms with Gasteiger partial charge in [-0.05, 0) is 26.0 Å². The number of hydrogen-bond acceptors (Lipinski definition) is 4. The summed E-state index contributed by atoms with van der Waals surface area (Å²) in [7, 11) is 1.82. The molecule has 1 heterocycles. The molecule has 1 atom stereocenters. The van der Waals surface area contributed by atoms with E-state index in [-0.39, 0.29) is 0 Å². The van der Waals surface area contributed by atoms with E-state index in [0.29, 0.717) is 12.4 Å². The highest BCUT2D eigenvalue weighted by molar-refractivity contribution is 5.38. The van der Waals surface area contributed by atoms with Crippen molar-refractivity contribution < 1.29 is 9.84 Å². The number of aliphatic hydroxyl groups is 1. The van der Waals surface area contributed by atoms with Gasteiger partial charge in [0.2, 0.25) is 0 Å². The smallest absolute Gasteiger partial charge is 0.164 e. The summed E-state index contributed by atoms with van der Waals surface area (Å²) in [5, 5.41) is 13.7. The van der Waals surface area contributed by atoms with Crippen LogP contribution in [0.1, 0.15) is 30.0 Å². The van der Waals surface area contributed by atoms with E-state index < -0.39 is 6.10 Å². The summed E-state index contributed by atoms with van der Waals surface area (Å²) in [5.74, 6) is 1.42. The number of benzene rings is 1. The maximum Gasteiger partial charge on any atom is 0.164 e. The molecule has 2 aromatic rings. The summed E-state index contributed by atoms with van der Waals surface area (Å²) in [6.07, 6.45) is 0.933. The van der Waals surface area contributed by atoms with E-state index in [1.54, 1.807) is 11.6 Å². The summed E-state index contributed by atoms with van der Waals surface area (Å²) in [5.41, 5.74) is 1.88. The third-order valence-electron chi connectivity index (χ3n) is 2.78. The van der Waals surface area contributed by atoms with Crippen LogP contribution in [0, 0.1) is 6.92 Å². The van der Waals surface area contributed by atoms with Gasteiger partial charge in [0.1, 0.15) is 18.7 Å². The molecule has 1 aromatic heterocycles. The minimum Gasteiger partial charge on any atom is -0.485 e. The number of aliphatic hydroxyl groups excluding tert-OH is 1. The average Bonchev–Trinajstić information content (AvgIpc) is 2.73. The fraction of sp³-hybridized carbons (Fsp3) is 0.385. The van der Waals surface area contributed by atoms with E-state index in [1.165, 1.54) is 6.33 Å². The van der Waals surface area contributed by atoms with Gasteiger partial charge in [0.15, 0.2) is 5.82 Å². The number of ether oxygens (including phenoxy) is 1. The van der Waals surface area contributed by atoms with Gasteiger partial charge in [0, 0.05) is 12.6 Å². The first-order valence-corrected chi connectivity index (χ1v) is 5.82. The highest BCUT2D eigenvalue weighted by Gasteiger charge is 2.10. The van der Waals surface area contributed by atoms with E-state index in [0.717, 1.165) is 17.0 Å². The molecule has 2 rings (SSSR count). The molecule has 0 amide bonds. The van der Waals surface area contributed by atoms with Crippen LogP contribution < -0.4 is 4.74 Å². The SMILES string of the molecule is Cc1ccc(OCc2ncnn2C)c([C@H](C)O)c1. The van der Waals surface area contributed by atoms with Gasteiger partial charge in [-0.3, -0.25) is 4.68 Å². The first kappa shape index (κ1) is 12.6. The summed E-state index contributed by atoms with van der Waals surface area (Å²) >= 11 is 0. The van der Waals surface area contributed by atoms with Crippen LogP contribution in [-0.2, 0) is 13.7 Å². The van der Waals surface area contributed by atoms with Gasteiger partial charge in [-0.25, -0.2) is 4.98 Å². The topological polar surface area (TPSA) is 60.2 Å². The van der Waals surface area contributed by atoms with Crippen LogP contribution in [0.3, 0.4) is 0 Å². The first-order chi connectivity index (χ1) is 8.58. The number of nitrogens with zero attached hydrogens (tertiary/aromatic N) is 3. The Hall–Kier alpha value is -1.88. The van der Waals surface area contributed by atoms with Crippen LogP contribution in [0.25, 0.3) is 0 Å². The lowest BCUT2D eigenvalue weighted by Gasteiger charge is -2.13. The minimum absolute atomic E-state index is 0.333. The molecule has 0 saturated carbocycles. The molecule has 0 aliphatic rings. The fourth-order valence-electron chi connectivity index (χ4n) is 1.72. The van der Waals surface area contributed by atoms with Gasteiger partial charge < -0.3 is 9.84 Å². The lowest BCUT2D eigenvalue weighted by atomic mass is 10.1. The van der Waals surface area contributed by atoms with Crippen LogP contribution in [0.15, 0.2) is 24.5 Å². The van der Waals surface area contributed by atoms with E-state index >= 15 is 0 Å². The van der Waals surface area contributed by atoms with Gasteiger partial charge >= 0.3 is 0 Å². The quantitative estimate of drug-likeness (QED) is 0.894. The molecule has 5 nitrogen and oxygen atoms in total. The molecule has 18 heavy (non-hydrogen) atoms. The molecule has 0 aliphatic heterocycles. The summed E-state index contributed by atoms with van der Waals surface area (Å²) in [6, 6.07) is 5.75. The number of hydrogen-bond donors (Lipinski definition) is 1. The van der Waals surface area contributed by atoms with Crippen molar-refractivity contribution in [3.8, 4) is 5.75 Å². The Morgan fingerprint density at radius 3 is 2.83 bits per heavy atom. The standard InChI is InChI=1S/C13H17N3O2/c1-9-4-5-12(11(6-9)10(2)17)18-7-13-14-8-15-16(13)3/h4-6,8,10,17H,7H2,1-3H3/t10-/m0/s1. The lowest BCUT2D eigenvalue weighted by molar-refractivity contribution is 0.189. The summed E-state index contributed by atoms with van der Waals surface area (Å²) < 4.78 is 7.36. The van der Waals surface area contributed by atoms with Crippen LogP contribution in [0.4, 0.5) is 0 Å². The molecule has 0 saturated heterocycles. The molecule has 0 radical (unpaired) electrons. The van der Waals surface area contributed by atoms with Crippen LogP contribution in [0.5, 0.6) is 5.75 Å². The van der Waals surface area contributed by atoms with Crippen molar-refractivity contribution in [3.05, 3.63) is 41.5 Å². The molecule has 0 aliphatic carbocycles. The molecule has 0 unspecified atom stereocenters. The van der Waals surface area contributed by atoms with Crippen LogP contribution in [0.2, 0.25) is 0 Å². The normalized spacial score (nSPS) is 12.4. The lowest BCUT2D eigenvalue weighted by Crippen LogP contribution is -2.06.